The Labute approximate surface area is 117 Å². The Hall–Kier alpha value is -0.770. The molecule has 0 spiro atoms. The van der Waals surface area contributed by atoms with Crippen LogP contribution in [-0.2, 0) is 11.2 Å². The van der Waals surface area contributed by atoms with E-state index in [4.69, 9.17) is 23.2 Å². The van der Waals surface area contributed by atoms with E-state index in [-0.39, 0.29) is 11.9 Å². The fraction of sp³-hybridized carbons (Fsp3) is 0.462. The van der Waals surface area contributed by atoms with Gasteiger partial charge in [0.1, 0.15) is 0 Å². The first kappa shape index (κ1) is 13.7. The SMILES string of the molecule is CC1CNCCN1C(=O)Cc1ccc(Cl)c(Cl)c1. The van der Waals surface area contributed by atoms with E-state index in [9.17, 15) is 4.79 Å². The highest BCUT2D eigenvalue weighted by Crippen LogP contribution is 2.23. The van der Waals surface area contributed by atoms with Crippen LogP contribution in [-0.4, -0.2) is 36.5 Å². The van der Waals surface area contributed by atoms with Crippen molar-refractivity contribution < 1.29 is 4.79 Å². The third kappa shape index (κ3) is 3.16. The van der Waals surface area contributed by atoms with E-state index >= 15 is 0 Å². The minimum Gasteiger partial charge on any atom is -0.337 e. The van der Waals surface area contributed by atoms with Gasteiger partial charge in [0, 0.05) is 25.7 Å². The van der Waals surface area contributed by atoms with Crippen LogP contribution in [0.2, 0.25) is 10.0 Å². The number of carbonyl (C=O) groups excluding carboxylic acids is 1. The second kappa shape index (κ2) is 5.91. The molecule has 2 rings (SSSR count). The molecule has 1 aliphatic rings. The van der Waals surface area contributed by atoms with E-state index < -0.39 is 0 Å². The molecule has 0 bridgehead atoms. The van der Waals surface area contributed by atoms with Crippen molar-refractivity contribution in [3.63, 3.8) is 0 Å². The summed E-state index contributed by atoms with van der Waals surface area (Å²) in [6.07, 6.45) is 0.376. The average Bonchev–Trinajstić information content (AvgIpc) is 2.34. The summed E-state index contributed by atoms with van der Waals surface area (Å²) in [7, 11) is 0. The van der Waals surface area contributed by atoms with E-state index in [2.05, 4.69) is 12.2 Å². The van der Waals surface area contributed by atoms with Crippen LogP contribution in [0.15, 0.2) is 18.2 Å². The normalized spacial score (nSPS) is 19.9. The van der Waals surface area contributed by atoms with Gasteiger partial charge in [-0.2, -0.15) is 0 Å². The van der Waals surface area contributed by atoms with Gasteiger partial charge in [-0.15, -0.1) is 0 Å². The van der Waals surface area contributed by atoms with Crippen molar-refractivity contribution in [1.29, 1.82) is 0 Å². The van der Waals surface area contributed by atoms with Gasteiger partial charge in [-0.25, -0.2) is 0 Å². The maximum atomic E-state index is 12.2. The molecule has 0 aromatic heterocycles. The number of halogens is 2. The van der Waals surface area contributed by atoms with Crippen LogP contribution < -0.4 is 5.32 Å². The fourth-order valence-electron chi connectivity index (χ4n) is 2.14. The van der Waals surface area contributed by atoms with Gasteiger partial charge in [-0.05, 0) is 24.6 Å². The Morgan fingerprint density at radius 3 is 2.89 bits per heavy atom. The minimum absolute atomic E-state index is 0.141. The van der Waals surface area contributed by atoms with Gasteiger partial charge in [-0.1, -0.05) is 29.3 Å². The lowest BCUT2D eigenvalue weighted by Crippen LogP contribution is -2.52. The second-order valence-electron chi connectivity index (χ2n) is 4.57. The highest BCUT2D eigenvalue weighted by atomic mass is 35.5. The molecule has 0 radical (unpaired) electrons. The Kier molecular flexibility index (Phi) is 4.49. The summed E-state index contributed by atoms with van der Waals surface area (Å²) in [5.41, 5.74) is 0.903. The molecule has 1 fully saturated rings. The first-order valence-electron chi connectivity index (χ1n) is 6.02. The summed E-state index contributed by atoms with van der Waals surface area (Å²) >= 11 is 11.8. The van der Waals surface area contributed by atoms with Crippen LogP contribution in [0.1, 0.15) is 12.5 Å². The lowest BCUT2D eigenvalue weighted by Gasteiger charge is -2.34. The van der Waals surface area contributed by atoms with Crippen molar-refractivity contribution in [2.45, 2.75) is 19.4 Å². The first-order chi connectivity index (χ1) is 8.58. The minimum atomic E-state index is 0.141. The third-order valence-corrected chi connectivity index (χ3v) is 3.90. The zero-order valence-electron chi connectivity index (χ0n) is 10.2. The predicted molar refractivity (Wildman–Crippen MR) is 74.2 cm³/mol. The number of hydrogen-bond acceptors (Lipinski definition) is 2. The van der Waals surface area contributed by atoms with Crippen molar-refractivity contribution in [3.8, 4) is 0 Å². The van der Waals surface area contributed by atoms with E-state index in [1.54, 1.807) is 12.1 Å². The molecule has 1 saturated heterocycles. The number of amides is 1. The lowest BCUT2D eigenvalue weighted by atomic mass is 10.1. The molecule has 1 aromatic rings. The van der Waals surface area contributed by atoms with Gasteiger partial charge in [0.15, 0.2) is 0 Å². The molecule has 98 valence electrons. The molecule has 5 heteroatoms. The van der Waals surface area contributed by atoms with Gasteiger partial charge in [0.25, 0.3) is 0 Å². The van der Waals surface area contributed by atoms with Crippen LogP contribution >= 0.6 is 23.2 Å². The van der Waals surface area contributed by atoms with Gasteiger partial charge in [0.05, 0.1) is 16.5 Å². The summed E-state index contributed by atoms with van der Waals surface area (Å²) in [6, 6.07) is 5.58. The number of nitrogens with one attached hydrogen (secondary N) is 1. The number of rotatable bonds is 2. The summed E-state index contributed by atoms with van der Waals surface area (Å²) in [5.74, 6) is 0.141. The van der Waals surface area contributed by atoms with E-state index in [0.717, 1.165) is 25.2 Å². The Morgan fingerprint density at radius 1 is 1.44 bits per heavy atom. The van der Waals surface area contributed by atoms with Crippen molar-refractivity contribution in [2.75, 3.05) is 19.6 Å². The number of nitrogens with zero attached hydrogens (tertiary/aromatic N) is 1. The standard InChI is InChI=1S/C13H16Cl2N2O/c1-9-8-16-4-5-17(9)13(18)7-10-2-3-11(14)12(15)6-10/h2-3,6,9,16H,4-5,7-8H2,1H3. The fourth-order valence-corrected chi connectivity index (χ4v) is 2.46. The average molecular weight is 287 g/mol. The molecule has 1 aliphatic heterocycles. The van der Waals surface area contributed by atoms with Gasteiger partial charge in [-0.3, -0.25) is 4.79 Å². The Bertz CT molecular complexity index is 451. The van der Waals surface area contributed by atoms with Crippen molar-refractivity contribution in [1.82, 2.24) is 10.2 Å². The molecule has 1 atom stereocenters. The number of benzene rings is 1. The number of hydrogen-bond donors (Lipinski definition) is 1. The van der Waals surface area contributed by atoms with Gasteiger partial charge < -0.3 is 10.2 Å². The van der Waals surface area contributed by atoms with Gasteiger partial charge in [0.2, 0.25) is 5.91 Å². The van der Waals surface area contributed by atoms with Crippen LogP contribution in [0, 0.1) is 0 Å². The summed E-state index contributed by atoms with van der Waals surface area (Å²) in [5, 5.41) is 4.28. The van der Waals surface area contributed by atoms with E-state index in [1.807, 2.05) is 11.0 Å². The van der Waals surface area contributed by atoms with Crippen molar-refractivity contribution in [2.24, 2.45) is 0 Å². The number of carbonyl (C=O) groups is 1. The maximum absolute atomic E-state index is 12.2. The Morgan fingerprint density at radius 2 is 2.22 bits per heavy atom. The van der Waals surface area contributed by atoms with Crippen molar-refractivity contribution >= 4 is 29.1 Å². The zero-order chi connectivity index (χ0) is 13.1. The smallest absolute Gasteiger partial charge is 0.227 e. The predicted octanol–water partition coefficient (Wildman–Crippen LogP) is 2.36. The first-order valence-corrected chi connectivity index (χ1v) is 6.77. The summed E-state index contributed by atoms with van der Waals surface area (Å²) < 4.78 is 0. The molecule has 1 unspecified atom stereocenters. The van der Waals surface area contributed by atoms with Crippen LogP contribution in [0.4, 0.5) is 0 Å². The second-order valence-corrected chi connectivity index (χ2v) is 5.38. The molecule has 18 heavy (non-hydrogen) atoms. The van der Waals surface area contributed by atoms with Crippen LogP contribution in [0.3, 0.4) is 0 Å². The highest BCUT2D eigenvalue weighted by Gasteiger charge is 2.22. The van der Waals surface area contributed by atoms with Gasteiger partial charge >= 0.3 is 0 Å². The molecule has 0 aliphatic carbocycles. The summed E-state index contributed by atoms with van der Waals surface area (Å²) in [6.45, 7) is 4.53. The molecule has 1 heterocycles. The third-order valence-electron chi connectivity index (χ3n) is 3.16. The molecule has 3 nitrogen and oxygen atoms in total. The molecule has 0 saturated carbocycles. The quantitative estimate of drug-likeness (QED) is 0.905. The molecular weight excluding hydrogens is 271 g/mol. The lowest BCUT2D eigenvalue weighted by molar-refractivity contribution is -0.133. The zero-order valence-corrected chi connectivity index (χ0v) is 11.8. The topological polar surface area (TPSA) is 32.3 Å². The molecule has 1 N–H and O–H groups in total. The Balaban J connectivity index is 2.04. The molecular formula is C13H16Cl2N2O. The number of piperazine rings is 1. The van der Waals surface area contributed by atoms with Crippen molar-refractivity contribution in [3.05, 3.63) is 33.8 Å². The van der Waals surface area contributed by atoms with E-state index in [0.29, 0.717) is 16.5 Å². The molecule has 1 amide bonds. The maximum Gasteiger partial charge on any atom is 0.227 e. The van der Waals surface area contributed by atoms with Crippen LogP contribution in [0.25, 0.3) is 0 Å². The van der Waals surface area contributed by atoms with Crippen LogP contribution in [0.5, 0.6) is 0 Å². The summed E-state index contributed by atoms with van der Waals surface area (Å²) in [4.78, 5) is 14.1. The highest BCUT2D eigenvalue weighted by molar-refractivity contribution is 6.42. The molecule has 1 aromatic carbocycles. The largest absolute Gasteiger partial charge is 0.337 e. The monoisotopic (exact) mass is 286 g/mol. The van der Waals surface area contributed by atoms with E-state index in [1.165, 1.54) is 0 Å².